The highest BCUT2D eigenvalue weighted by molar-refractivity contribution is 6.76. The van der Waals surface area contributed by atoms with Gasteiger partial charge in [-0.15, -0.1) is 0 Å². The Kier molecular flexibility index (Phi) is 5.86. The number of aryl methyl sites for hydroxylation is 1. The van der Waals surface area contributed by atoms with E-state index in [0.29, 0.717) is 0 Å². The number of phenols is 1. The van der Waals surface area contributed by atoms with E-state index in [1.807, 2.05) is 6.07 Å². The molecule has 22 heavy (non-hydrogen) atoms. The van der Waals surface area contributed by atoms with Crippen molar-refractivity contribution in [2.24, 2.45) is 0 Å². The molecule has 4 nitrogen and oxygen atoms in total. The smallest absolute Gasteiger partial charge is 0.504 e. The average molecular weight is 341 g/mol. The molecule has 0 aliphatic heterocycles. The SMILES string of the molecule is C[Si](C)(C)CCc1cc(C[Si](C)(C)C)cc(OC(=O)O)c1O. The van der Waals surface area contributed by atoms with Crippen molar-refractivity contribution in [1.82, 2.24) is 0 Å². The van der Waals surface area contributed by atoms with Crippen LogP contribution in [-0.2, 0) is 12.5 Å². The normalized spacial score (nSPS) is 12.3. The van der Waals surface area contributed by atoms with E-state index in [9.17, 15) is 9.90 Å². The lowest BCUT2D eigenvalue weighted by Gasteiger charge is -2.20. The fourth-order valence-corrected chi connectivity index (χ4v) is 4.76. The summed E-state index contributed by atoms with van der Waals surface area (Å²) in [6, 6.07) is 5.66. The van der Waals surface area contributed by atoms with Gasteiger partial charge in [-0.05, 0) is 29.7 Å². The lowest BCUT2D eigenvalue weighted by Crippen LogP contribution is -2.24. The third-order valence-electron chi connectivity index (χ3n) is 3.29. The van der Waals surface area contributed by atoms with Crippen LogP contribution in [-0.4, -0.2) is 32.5 Å². The highest BCUT2D eigenvalue weighted by atomic mass is 28.3. The molecule has 0 spiro atoms. The van der Waals surface area contributed by atoms with Crippen LogP contribution in [0.3, 0.4) is 0 Å². The van der Waals surface area contributed by atoms with Crippen molar-refractivity contribution in [2.45, 2.75) is 57.8 Å². The zero-order chi connectivity index (χ0) is 17.1. The summed E-state index contributed by atoms with van der Waals surface area (Å²) in [6.45, 7) is 13.6. The minimum absolute atomic E-state index is 0.0278. The highest BCUT2D eigenvalue weighted by Gasteiger charge is 2.20. The first kappa shape index (κ1) is 18.8. The summed E-state index contributed by atoms with van der Waals surface area (Å²) in [5.74, 6) is 0.0359. The van der Waals surface area contributed by atoms with Crippen LogP contribution in [0.25, 0.3) is 0 Å². The zero-order valence-electron chi connectivity index (χ0n) is 14.5. The van der Waals surface area contributed by atoms with Crippen molar-refractivity contribution in [2.75, 3.05) is 0 Å². The lowest BCUT2D eigenvalue weighted by atomic mass is 10.1. The highest BCUT2D eigenvalue weighted by Crippen LogP contribution is 2.34. The summed E-state index contributed by atoms with van der Waals surface area (Å²) < 4.78 is 4.77. The van der Waals surface area contributed by atoms with Crippen LogP contribution < -0.4 is 4.74 Å². The molecule has 0 unspecified atom stereocenters. The van der Waals surface area contributed by atoms with Gasteiger partial charge in [0.15, 0.2) is 11.5 Å². The maximum Gasteiger partial charge on any atom is 0.511 e. The first-order chi connectivity index (χ1) is 9.87. The Morgan fingerprint density at radius 3 is 2.14 bits per heavy atom. The maximum absolute atomic E-state index is 10.8. The van der Waals surface area contributed by atoms with Gasteiger partial charge in [0.1, 0.15) is 0 Å². The monoisotopic (exact) mass is 340 g/mol. The number of aromatic hydroxyl groups is 1. The number of carboxylic acid groups (broad SMARTS) is 1. The van der Waals surface area contributed by atoms with Gasteiger partial charge in [-0.1, -0.05) is 51.4 Å². The summed E-state index contributed by atoms with van der Waals surface area (Å²) in [5.41, 5.74) is 1.85. The second-order valence-corrected chi connectivity index (χ2v) is 19.4. The molecule has 0 atom stereocenters. The summed E-state index contributed by atoms with van der Waals surface area (Å²) >= 11 is 0. The Bertz CT molecular complexity index is 542. The summed E-state index contributed by atoms with van der Waals surface area (Å²) in [5, 5.41) is 19.1. The summed E-state index contributed by atoms with van der Waals surface area (Å²) in [6.07, 6.45) is -0.631. The molecule has 0 aliphatic rings. The number of benzene rings is 1. The molecule has 1 aromatic rings. The Morgan fingerprint density at radius 1 is 1.09 bits per heavy atom. The third kappa shape index (κ3) is 6.66. The molecule has 0 radical (unpaired) electrons. The van der Waals surface area contributed by atoms with Gasteiger partial charge in [-0.25, -0.2) is 4.79 Å². The molecular formula is C16H28O4Si2. The van der Waals surface area contributed by atoms with Crippen molar-refractivity contribution in [1.29, 1.82) is 0 Å². The van der Waals surface area contributed by atoms with E-state index >= 15 is 0 Å². The first-order valence-corrected chi connectivity index (χ1v) is 15.0. The molecule has 1 aromatic carbocycles. The van der Waals surface area contributed by atoms with E-state index in [2.05, 4.69) is 39.3 Å². The minimum atomic E-state index is -1.39. The second-order valence-electron chi connectivity index (χ2n) is 8.27. The van der Waals surface area contributed by atoms with Gasteiger partial charge >= 0.3 is 6.16 Å². The van der Waals surface area contributed by atoms with Gasteiger partial charge < -0.3 is 14.9 Å². The molecule has 0 saturated heterocycles. The standard InChI is InChI=1S/C16H28O4Si2/c1-21(2,3)8-7-13-9-12(11-22(4,5)6)10-14(15(13)17)20-16(18)19/h9-10,17H,7-8,11H2,1-6H3,(H,18,19). The molecule has 2 N–H and O–H groups in total. The van der Waals surface area contributed by atoms with Crippen LogP contribution in [0.2, 0.25) is 45.3 Å². The molecule has 0 bridgehead atoms. The number of rotatable bonds is 6. The average Bonchev–Trinajstić information content (AvgIpc) is 2.27. The second kappa shape index (κ2) is 6.87. The van der Waals surface area contributed by atoms with Crippen LogP contribution in [0.5, 0.6) is 11.5 Å². The molecule has 0 aromatic heterocycles. The Hall–Kier alpha value is -1.28. The van der Waals surface area contributed by atoms with Gasteiger partial charge in [-0.3, -0.25) is 0 Å². The van der Waals surface area contributed by atoms with E-state index < -0.39 is 22.3 Å². The summed E-state index contributed by atoms with van der Waals surface area (Å²) in [7, 11) is -2.57. The van der Waals surface area contributed by atoms with Gasteiger partial charge in [0.05, 0.1) is 0 Å². The van der Waals surface area contributed by atoms with Gasteiger partial charge in [0.2, 0.25) is 0 Å². The Labute approximate surface area is 135 Å². The number of phenolic OH excluding ortho intramolecular Hbond substituents is 1. The predicted molar refractivity (Wildman–Crippen MR) is 95.7 cm³/mol. The largest absolute Gasteiger partial charge is 0.511 e. The molecule has 0 fully saturated rings. The topological polar surface area (TPSA) is 66.8 Å². The third-order valence-corrected chi connectivity index (χ3v) is 6.51. The van der Waals surface area contributed by atoms with E-state index in [-0.39, 0.29) is 11.5 Å². The number of hydrogen-bond donors (Lipinski definition) is 2. The first-order valence-electron chi connectivity index (χ1n) is 7.63. The van der Waals surface area contributed by atoms with Crippen molar-refractivity contribution in [3.05, 3.63) is 23.3 Å². The molecule has 0 saturated carbocycles. The Balaban J connectivity index is 3.16. The van der Waals surface area contributed by atoms with Crippen LogP contribution >= 0.6 is 0 Å². The van der Waals surface area contributed by atoms with Crippen LogP contribution in [0, 0.1) is 0 Å². The quantitative estimate of drug-likeness (QED) is 0.445. The molecule has 0 amide bonds. The molecular weight excluding hydrogens is 312 g/mol. The van der Waals surface area contributed by atoms with Crippen molar-refractivity contribution in [3.8, 4) is 11.5 Å². The van der Waals surface area contributed by atoms with Gasteiger partial charge in [0, 0.05) is 16.1 Å². The molecule has 0 aliphatic carbocycles. The molecule has 0 heterocycles. The molecule has 6 heteroatoms. The fraction of sp³-hybridized carbons (Fsp3) is 0.562. The predicted octanol–water partition coefficient (Wildman–Crippen LogP) is 4.75. The zero-order valence-corrected chi connectivity index (χ0v) is 16.5. The number of carbonyl (C=O) groups is 1. The van der Waals surface area contributed by atoms with Crippen LogP contribution in [0.15, 0.2) is 12.1 Å². The lowest BCUT2D eigenvalue weighted by molar-refractivity contribution is 0.143. The van der Waals surface area contributed by atoms with Crippen molar-refractivity contribution >= 4 is 22.3 Å². The number of hydrogen-bond acceptors (Lipinski definition) is 3. The van der Waals surface area contributed by atoms with E-state index in [0.717, 1.165) is 29.6 Å². The Morgan fingerprint density at radius 2 is 1.68 bits per heavy atom. The van der Waals surface area contributed by atoms with Gasteiger partial charge in [0.25, 0.3) is 0 Å². The number of ether oxygens (including phenoxy) is 1. The van der Waals surface area contributed by atoms with Gasteiger partial charge in [-0.2, -0.15) is 0 Å². The van der Waals surface area contributed by atoms with E-state index in [4.69, 9.17) is 9.84 Å². The van der Waals surface area contributed by atoms with E-state index in [1.165, 1.54) is 0 Å². The van der Waals surface area contributed by atoms with Crippen LogP contribution in [0.1, 0.15) is 11.1 Å². The molecule has 124 valence electrons. The summed E-state index contributed by atoms with van der Waals surface area (Å²) in [4.78, 5) is 10.8. The minimum Gasteiger partial charge on any atom is -0.504 e. The fourth-order valence-electron chi connectivity index (χ4n) is 2.32. The van der Waals surface area contributed by atoms with Crippen molar-refractivity contribution in [3.63, 3.8) is 0 Å². The van der Waals surface area contributed by atoms with Crippen molar-refractivity contribution < 1.29 is 19.7 Å². The maximum atomic E-state index is 10.8. The molecule has 1 rings (SSSR count). The van der Waals surface area contributed by atoms with E-state index in [1.54, 1.807) is 6.07 Å². The van der Waals surface area contributed by atoms with Crippen LogP contribution in [0.4, 0.5) is 4.79 Å².